The topological polar surface area (TPSA) is 59.0 Å². The Balaban J connectivity index is 1.52. The molecule has 0 radical (unpaired) electrons. The molecule has 1 aliphatic rings. The highest BCUT2D eigenvalue weighted by Gasteiger charge is 2.26. The first-order chi connectivity index (χ1) is 13.7. The Kier molecular flexibility index (Phi) is 5.58. The monoisotopic (exact) mass is 390 g/mol. The zero-order valence-electron chi connectivity index (χ0n) is 15.8. The summed E-state index contributed by atoms with van der Waals surface area (Å²) in [4.78, 5) is 29.2. The molecule has 1 amide bonds. The minimum atomic E-state index is 0.0669. The average Bonchev–Trinajstić information content (AvgIpc) is 3.27. The number of pyridine rings is 1. The number of piperidine rings is 1. The summed E-state index contributed by atoms with van der Waals surface area (Å²) in [7, 11) is 0. The van der Waals surface area contributed by atoms with Gasteiger partial charge in [0.05, 0.1) is 5.69 Å². The zero-order valence-corrected chi connectivity index (χ0v) is 16.6. The Morgan fingerprint density at radius 2 is 2.21 bits per heavy atom. The third-order valence-corrected chi connectivity index (χ3v) is 5.82. The van der Waals surface area contributed by atoms with Crippen LogP contribution in [0.15, 0.2) is 54.3 Å². The molecule has 3 aromatic heterocycles. The molecule has 28 heavy (non-hydrogen) atoms. The van der Waals surface area contributed by atoms with E-state index in [2.05, 4.69) is 9.97 Å². The minimum absolute atomic E-state index is 0.0669. The first-order valence-electron chi connectivity index (χ1n) is 9.45. The second-order valence-corrected chi connectivity index (χ2v) is 7.95. The minimum Gasteiger partial charge on any atom is -0.338 e. The number of aromatic nitrogens is 3. The summed E-state index contributed by atoms with van der Waals surface area (Å²) < 4.78 is 0. The van der Waals surface area contributed by atoms with Gasteiger partial charge in [0.2, 0.25) is 5.91 Å². The van der Waals surface area contributed by atoms with E-state index in [9.17, 15) is 4.79 Å². The van der Waals surface area contributed by atoms with Crippen molar-refractivity contribution in [2.24, 2.45) is 0 Å². The smallest absolute Gasteiger partial charge is 0.246 e. The fraction of sp³-hybridized carbons (Fsp3) is 0.273. The van der Waals surface area contributed by atoms with Crippen molar-refractivity contribution in [3.8, 4) is 11.4 Å². The molecule has 0 aromatic carbocycles. The van der Waals surface area contributed by atoms with Crippen molar-refractivity contribution in [2.75, 3.05) is 13.1 Å². The zero-order chi connectivity index (χ0) is 19.3. The van der Waals surface area contributed by atoms with Gasteiger partial charge in [0.15, 0.2) is 5.82 Å². The normalized spacial score (nSPS) is 17.2. The van der Waals surface area contributed by atoms with Crippen molar-refractivity contribution in [1.29, 1.82) is 0 Å². The van der Waals surface area contributed by atoms with Crippen molar-refractivity contribution in [1.82, 2.24) is 19.9 Å². The first-order valence-corrected chi connectivity index (χ1v) is 10.3. The Hall–Kier alpha value is -2.86. The molecule has 0 aliphatic carbocycles. The fourth-order valence-electron chi connectivity index (χ4n) is 3.55. The Morgan fingerprint density at radius 3 is 3.00 bits per heavy atom. The molecule has 0 unspecified atom stereocenters. The summed E-state index contributed by atoms with van der Waals surface area (Å²) in [5, 5.41) is 2.01. The second kappa shape index (κ2) is 8.44. The van der Waals surface area contributed by atoms with Crippen molar-refractivity contribution in [3.05, 3.63) is 70.4 Å². The SMILES string of the molecule is Cc1cnc(-c2cccnc2)nc1[C@H]1CCCN(C(=O)/C=C/c2cccs2)C1. The van der Waals surface area contributed by atoms with Crippen LogP contribution in [0.2, 0.25) is 0 Å². The van der Waals surface area contributed by atoms with Gasteiger partial charge in [-0.1, -0.05) is 6.07 Å². The van der Waals surface area contributed by atoms with Crippen molar-refractivity contribution in [3.63, 3.8) is 0 Å². The number of nitrogens with zero attached hydrogens (tertiary/aromatic N) is 4. The maximum absolute atomic E-state index is 12.6. The lowest BCUT2D eigenvalue weighted by Gasteiger charge is -2.32. The molecule has 5 nitrogen and oxygen atoms in total. The van der Waals surface area contributed by atoms with Crippen LogP contribution in [-0.4, -0.2) is 38.8 Å². The summed E-state index contributed by atoms with van der Waals surface area (Å²) in [5.74, 6) is 0.985. The quantitative estimate of drug-likeness (QED) is 0.622. The Bertz CT molecular complexity index is 969. The number of carbonyl (C=O) groups excluding carboxylic acids is 1. The summed E-state index contributed by atoms with van der Waals surface area (Å²) >= 11 is 1.63. The van der Waals surface area contributed by atoms with Gasteiger partial charge < -0.3 is 4.90 Å². The summed E-state index contributed by atoms with van der Waals surface area (Å²) in [6.45, 7) is 3.53. The van der Waals surface area contributed by atoms with E-state index in [-0.39, 0.29) is 11.8 Å². The van der Waals surface area contributed by atoms with Crippen molar-refractivity contribution < 1.29 is 4.79 Å². The van der Waals surface area contributed by atoms with Crippen molar-refractivity contribution in [2.45, 2.75) is 25.7 Å². The van der Waals surface area contributed by atoms with Gasteiger partial charge in [-0.25, -0.2) is 9.97 Å². The van der Waals surface area contributed by atoms with Crippen LogP contribution < -0.4 is 0 Å². The van der Waals surface area contributed by atoms with Gasteiger partial charge in [-0.2, -0.15) is 0 Å². The fourth-order valence-corrected chi connectivity index (χ4v) is 4.17. The van der Waals surface area contributed by atoms with Gasteiger partial charge in [-0.3, -0.25) is 9.78 Å². The number of hydrogen-bond donors (Lipinski definition) is 0. The number of likely N-dealkylation sites (tertiary alicyclic amines) is 1. The van der Waals surface area contributed by atoms with E-state index < -0.39 is 0 Å². The predicted molar refractivity (Wildman–Crippen MR) is 112 cm³/mol. The number of rotatable bonds is 4. The Morgan fingerprint density at radius 1 is 1.29 bits per heavy atom. The maximum Gasteiger partial charge on any atom is 0.246 e. The highest BCUT2D eigenvalue weighted by atomic mass is 32.1. The Labute approximate surface area is 168 Å². The third kappa shape index (κ3) is 4.17. The van der Waals surface area contributed by atoms with E-state index in [4.69, 9.17) is 4.98 Å². The summed E-state index contributed by atoms with van der Waals surface area (Å²) in [5.41, 5.74) is 3.01. The van der Waals surface area contributed by atoms with E-state index in [0.717, 1.165) is 41.1 Å². The molecule has 1 fully saturated rings. The van der Waals surface area contributed by atoms with Gasteiger partial charge in [0.25, 0.3) is 0 Å². The number of thiophene rings is 1. The molecule has 4 rings (SSSR count). The van der Waals surface area contributed by atoms with Crippen LogP contribution in [0, 0.1) is 6.92 Å². The molecule has 142 valence electrons. The number of hydrogen-bond acceptors (Lipinski definition) is 5. The van der Waals surface area contributed by atoms with Crippen LogP contribution in [0.5, 0.6) is 0 Å². The molecule has 4 heterocycles. The molecular weight excluding hydrogens is 368 g/mol. The largest absolute Gasteiger partial charge is 0.338 e. The molecule has 1 atom stereocenters. The molecule has 0 N–H and O–H groups in total. The highest BCUT2D eigenvalue weighted by molar-refractivity contribution is 7.10. The number of amides is 1. The predicted octanol–water partition coefficient (Wildman–Crippen LogP) is 4.33. The molecule has 0 saturated carbocycles. The molecule has 1 saturated heterocycles. The van der Waals surface area contributed by atoms with Gasteiger partial charge in [-0.15, -0.1) is 11.3 Å². The van der Waals surface area contributed by atoms with Crippen LogP contribution in [0.25, 0.3) is 17.5 Å². The van der Waals surface area contributed by atoms with E-state index in [1.807, 2.05) is 53.7 Å². The lowest BCUT2D eigenvalue weighted by Crippen LogP contribution is -2.38. The standard InChI is InChI=1S/C22H22N4OS/c1-16-13-24-22(17-5-2-10-23-14-17)25-21(16)18-6-3-11-26(15-18)20(27)9-8-19-7-4-12-28-19/h2,4-5,7-10,12-14,18H,3,6,11,15H2,1H3/b9-8+/t18-/m0/s1. The van der Waals surface area contributed by atoms with E-state index in [0.29, 0.717) is 12.4 Å². The average molecular weight is 391 g/mol. The van der Waals surface area contributed by atoms with E-state index in [1.165, 1.54) is 0 Å². The second-order valence-electron chi connectivity index (χ2n) is 6.98. The van der Waals surface area contributed by atoms with E-state index >= 15 is 0 Å². The lowest BCUT2D eigenvalue weighted by atomic mass is 9.92. The van der Waals surface area contributed by atoms with Crippen molar-refractivity contribution >= 4 is 23.3 Å². The molecule has 0 bridgehead atoms. The third-order valence-electron chi connectivity index (χ3n) is 4.98. The molecule has 0 spiro atoms. The van der Waals surface area contributed by atoms with Gasteiger partial charge >= 0.3 is 0 Å². The van der Waals surface area contributed by atoms with E-state index in [1.54, 1.807) is 29.8 Å². The van der Waals surface area contributed by atoms with Gasteiger partial charge in [0, 0.05) is 54.1 Å². The van der Waals surface area contributed by atoms with Crippen LogP contribution in [0.3, 0.4) is 0 Å². The highest BCUT2D eigenvalue weighted by Crippen LogP contribution is 2.29. The van der Waals surface area contributed by atoms with Crippen LogP contribution >= 0.6 is 11.3 Å². The lowest BCUT2D eigenvalue weighted by molar-refractivity contribution is -0.127. The molecule has 6 heteroatoms. The first kappa shape index (κ1) is 18.5. The van der Waals surface area contributed by atoms with Crippen LogP contribution in [-0.2, 0) is 4.79 Å². The summed E-state index contributed by atoms with van der Waals surface area (Å²) in [6.07, 6.45) is 11.0. The van der Waals surface area contributed by atoms with Gasteiger partial charge in [0.1, 0.15) is 0 Å². The van der Waals surface area contributed by atoms with Crippen LogP contribution in [0.4, 0.5) is 0 Å². The molecule has 1 aliphatic heterocycles. The number of carbonyl (C=O) groups is 1. The summed E-state index contributed by atoms with van der Waals surface area (Å²) in [6, 6.07) is 7.85. The van der Waals surface area contributed by atoms with Crippen LogP contribution in [0.1, 0.15) is 34.9 Å². The molecular formula is C22H22N4OS. The maximum atomic E-state index is 12.6. The molecule has 3 aromatic rings. The number of aryl methyl sites for hydroxylation is 1. The van der Waals surface area contributed by atoms with Gasteiger partial charge in [-0.05, 0) is 55.0 Å².